The molecule has 1 aliphatic rings. The highest BCUT2D eigenvalue weighted by molar-refractivity contribution is 7.99. The van der Waals surface area contributed by atoms with Gasteiger partial charge in [-0.2, -0.15) is 0 Å². The van der Waals surface area contributed by atoms with Crippen molar-refractivity contribution in [3.63, 3.8) is 0 Å². The van der Waals surface area contributed by atoms with Crippen LogP contribution in [0.3, 0.4) is 0 Å². The van der Waals surface area contributed by atoms with Gasteiger partial charge in [0.25, 0.3) is 0 Å². The molecule has 0 spiro atoms. The minimum atomic E-state index is -1.06. The molecule has 0 saturated carbocycles. The van der Waals surface area contributed by atoms with E-state index in [1.807, 2.05) is 0 Å². The Morgan fingerprint density at radius 2 is 2.39 bits per heavy atom. The maximum Gasteiger partial charge on any atom is 0.354 e. The molecule has 0 bridgehead atoms. The molecule has 96 valence electrons. The highest BCUT2D eigenvalue weighted by atomic mass is 32.2. The number of hydrogen-bond acceptors (Lipinski definition) is 5. The number of carbonyl (C=O) groups is 2. The summed E-state index contributed by atoms with van der Waals surface area (Å²) in [7, 11) is 0. The number of nitrogens with zero attached hydrogens (tertiary/aromatic N) is 1. The second kappa shape index (κ2) is 5.83. The van der Waals surface area contributed by atoms with Crippen LogP contribution >= 0.6 is 11.8 Å². The van der Waals surface area contributed by atoms with Gasteiger partial charge in [0.05, 0.1) is 6.04 Å². The van der Waals surface area contributed by atoms with Crippen LogP contribution in [0, 0.1) is 0 Å². The Balaban J connectivity index is 1.86. The molecule has 2 heterocycles. The molecular formula is C11H13N3O3S. The van der Waals surface area contributed by atoms with Crippen molar-refractivity contribution in [3.8, 4) is 0 Å². The first kappa shape index (κ1) is 12.8. The fraction of sp³-hybridized carbons (Fsp3) is 0.364. The fourth-order valence-corrected chi connectivity index (χ4v) is 2.47. The number of aromatic carboxylic acids is 1. The van der Waals surface area contributed by atoms with Crippen LogP contribution in [0.1, 0.15) is 16.1 Å². The molecular weight excluding hydrogens is 254 g/mol. The Kier molecular flexibility index (Phi) is 4.16. The number of carboxylic acid groups (broad SMARTS) is 1. The summed E-state index contributed by atoms with van der Waals surface area (Å²) in [5.74, 6) is 0.481. The van der Waals surface area contributed by atoms with Crippen molar-refractivity contribution < 1.29 is 14.7 Å². The molecule has 1 fully saturated rings. The standard InChI is InChI=1S/C11H13N3O3S/c15-10(9-5-18-6-14-9)13-4-7-1-2-8(11(16)17)12-3-7/h1-3,9,14H,4-6H2,(H,13,15)(H,16,17). The topological polar surface area (TPSA) is 91.3 Å². The molecule has 1 aromatic rings. The molecule has 0 aliphatic carbocycles. The third-order valence-corrected chi connectivity index (χ3v) is 3.48. The molecule has 1 atom stereocenters. The molecule has 0 radical (unpaired) electrons. The average molecular weight is 267 g/mol. The molecule has 3 N–H and O–H groups in total. The lowest BCUT2D eigenvalue weighted by atomic mass is 10.2. The summed E-state index contributed by atoms with van der Waals surface area (Å²) in [5.41, 5.74) is 0.776. The van der Waals surface area contributed by atoms with Crippen molar-refractivity contribution in [1.29, 1.82) is 0 Å². The highest BCUT2D eigenvalue weighted by Gasteiger charge is 2.21. The van der Waals surface area contributed by atoms with Gasteiger partial charge in [-0.3, -0.25) is 10.1 Å². The third-order valence-electron chi connectivity index (χ3n) is 2.54. The van der Waals surface area contributed by atoms with E-state index < -0.39 is 5.97 Å². The largest absolute Gasteiger partial charge is 0.477 e. The molecule has 6 nitrogen and oxygen atoms in total. The number of pyridine rings is 1. The molecule has 7 heteroatoms. The van der Waals surface area contributed by atoms with Crippen LogP contribution in [0.5, 0.6) is 0 Å². The normalized spacial score (nSPS) is 18.6. The zero-order chi connectivity index (χ0) is 13.0. The Hall–Kier alpha value is -1.60. The summed E-state index contributed by atoms with van der Waals surface area (Å²) in [4.78, 5) is 26.1. The Labute approximate surface area is 108 Å². The fourth-order valence-electron chi connectivity index (χ4n) is 1.53. The Morgan fingerprint density at radius 3 is 2.94 bits per heavy atom. The van der Waals surface area contributed by atoms with Gasteiger partial charge < -0.3 is 10.4 Å². The van der Waals surface area contributed by atoms with Gasteiger partial charge in [0.2, 0.25) is 5.91 Å². The smallest absolute Gasteiger partial charge is 0.354 e. The lowest BCUT2D eigenvalue weighted by Crippen LogP contribution is -2.41. The number of nitrogens with one attached hydrogen (secondary N) is 2. The summed E-state index contributed by atoms with van der Waals surface area (Å²) < 4.78 is 0. The number of aromatic nitrogens is 1. The molecule has 1 aliphatic heterocycles. The van der Waals surface area contributed by atoms with Gasteiger partial charge in [-0.1, -0.05) is 6.07 Å². The predicted octanol–water partition coefficient (Wildman–Crippen LogP) is 0.0585. The second-order valence-corrected chi connectivity index (χ2v) is 4.88. The van der Waals surface area contributed by atoms with E-state index in [2.05, 4.69) is 15.6 Å². The van der Waals surface area contributed by atoms with Gasteiger partial charge in [0.15, 0.2) is 0 Å². The number of amides is 1. The van der Waals surface area contributed by atoms with Crippen LogP contribution in [-0.2, 0) is 11.3 Å². The molecule has 2 rings (SSSR count). The number of carbonyl (C=O) groups excluding carboxylic acids is 1. The molecule has 1 saturated heterocycles. The van der Waals surface area contributed by atoms with E-state index in [1.165, 1.54) is 12.3 Å². The van der Waals surface area contributed by atoms with Crippen molar-refractivity contribution >= 4 is 23.6 Å². The van der Waals surface area contributed by atoms with E-state index in [-0.39, 0.29) is 17.6 Å². The molecule has 1 aromatic heterocycles. The zero-order valence-corrected chi connectivity index (χ0v) is 10.4. The summed E-state index contributed by atoms with van der Waals surface area (Å²) in [6.45, 7) is 0.356. The number of hydrogen-bond donors (Lipinski definition) is 3. The highest BCUT2D eigenvalue weighted by Crippen LogP contribution is 2.09. The average Bonchev–Trinajstić information content (AvgIpc) is 2.90. The van der Waals surface area contributed by atoms with Crippen LogP contribution in [0.25, 0.3) is 0 Å². The Morgan fingerprint density at radius 1 is 1.56 bits per heavy atom. The third kappa shape index (κ3) is 3.21. The van der Waals surface area contributed by atoms with Gasteiger partial charge in [0.1, 0.15) is 5.69 Å². The van der Waals surface area contributed by atoms with Crippen molar-refractivity contribution in [2.75, 3.05) is 11.6 Å². The first-order chi connectivity index (χ1) is 8.66. The molecule has 1 amide bonds. The van der Waals surface area contributed by atoms with Crippen LogP contribution in [0.2, 0.25) is 0 Å². The molecule has 18 heavy (non-hydrogen) atoms. The second-order valence-electron chi connectivity index (χ2n) is 3.85. The maximum atomic E-state index is 11.7. The first-order valence-electron chi connectivity index (χ1n) is 5.44. The number of thioether (sulfide) groups is 1. The minimum absolute atomic E-state index is 0.000985. The van der Waals surface area contributed by atoms with Crippen molar-refractivity contribution in [3.05, 3.63) is 29.6 Å². The van der Waals surface area contributed by atoms with E-state index in [0.717, 1.165) is 17.2 Å². The van der Waals surface area contributed by atoms with E-state index in [4.69, 9.17) is 5.11 Å². The summed E-state index contributed by atoms with van der Waals surface area (Å²) in [6.07, 6.45) is 1.46. The lowest BCUT2D eigenvalue weighted by Gasteiger charge is -2.10. The van der Waals surface area contributed by atoms with Gasteiger partial charge in [-0.05, 0) is 11.6 Å². The quantitative estimate of drug-likeness (QED) is 0.714. The maximum absolute atomic E-state index is 11.7. The first-order valence-corrected chi connectivity index (χ1v) is 6.59. The van der Waals surface area contributed by atoms with Crippen molar-refractivity contribution in [1.82, 2.24) is 15.6 Å². The zero-order valence-electron chi connectivity index (χ0n) is 9.55. The summed E-state index contributed by atoms with van der Waals surface area (Å²) >= 11 is 1.69. The summed E-state index contributed by atoms with van der Waals surface area (Å²) in [5, 5.41) is 14.6. The predicted molar refractivity (Wildman–Crippen MR) is 67.3 cm³/mol. The van der Waals surface area contributed by atoms with Gasteiger partial charge >= 0.3 is 5.97 Å². The van der Waals surface area contributed by atoms with Crippen molar-refractivity contribution in [2.45, 2.75) is 12.6 Å². The van der Waals surface area contributed by atoms with Gasteiger partial charge in [0, 0.05) is 24.4 Å². The van der Waals surface area contributed by atoms with Crippen LogP contribution < -0.4 is 10.6 Å². The number of carboxylic acids is 1. The van der Waals surface area contributed by atoms with E-state index in [0.29, 0.717) is 6.54 Å². The monoisotopic (exact) mass is 267 g/mol. The van der Waals surface area contributed by atoms with Gasteiger partial charge in [-0.25, -0.2) is 9.78 Å². The number of rotatable bonds is 4. The lowest BCUT2D eigenvalue weighted by molar-refractivity contribution is -0.122. The van der Waals surface area contributed by atoms with E-state index >= 15 is 0 Å². The van der Waals surface area contributed by atoms with Crippen LogP contribution in [-0.4, -0.2) is 39.6 Å². The Bertz CT molecular complexity index is 443. The van der Waals surface area contributed by atoms with Crippen molar-refractivity contribution in [2.24, 2.45) is 0 Å². The SMILES string of the molecule is O=C(O)c1ccc(CNC(=O)C2CSCN2)cn1. The molecule has 1 unspecified atom stereocenters. The van der Waals surface area contributed by atoms with Crippen LogP contribution in [0.4, 0.5) is 0 Å². The van der Waals surface area contributed by atoms with Gasteiger partial charge in [-0.15, -0.1) is 11.8 Å². The van der Waals surface area contributed by atoms with E-state index in [1.54, 1.807) is 17.8 Å². The van der Waals surface area contributed by atoms with E-state index in [9.17, 15) is 9.59 Å². The van der Waals surface area contributed by atoms with Crippen LogP contribution in [0.15, 0.2) is 18.3 Å². The summed E-state index contributed by atoms with van der Waals surface area (Å²) in [6, 6.07) is 2.93. The minimum Gasteiger partial charge on any atom is -0.477 e. The molecule has 0 aromatic carbocycles.